The van der Waals surface area contributed by atoms with Gasteiger partial charge in [-0.2, -0.15) is 0 Å². The number of H-pyrrole nitrogens is 1. The molecule has 0 saturated heterocycles. The average Bonchev–Trinajstić information content (AvgIpc) is 3.31. The van der Waals surface area contributed by atoms with Gasteiger partial charge in [-0.05, 0) is 73.0 Å². The number of aryl methyl sites for hydroxylation is 2. The van der Waals surface area contributed by atoms with Gasteiger partial charge in [0.25, 0.3) is 5.56 Å². The first-order chi connectivity index (χ1) is 16.5. The minimum Gasteiger partial charge on any atom is -0.396 e. The summed E-state index contributed by atoms with van der Waals surface area (Å²) in [5.74, 6) is 0.885. The molecule has 4 rings (SSSR count). The second-order valence-corrected chi connectivity index (χ2v) is 9.80. The van der Waals surface area contributed by atoms with E-state index in [1.807, 2.05) is 17.7 Å². The molecule has 1 atom stereocenters. The number of pyridine rings is 1. The maximum atomic E-state index is 13.1. The van der Waals surface area contributed by atoms with Crippen LogP contribution >= 0.6 is 0 Å². The third-order valence-electron chi connectivity index (χ3n) is 7.09. The first-order valence-corrected chi connectivity index (χ1v) is 12.8. The highest BCUT2D eigenvalue weighted by molar-refractivity contribution is 5.82. The molecule has 8 nitrogen and oxygen atoms in total. The monoisotopic (exact) mass is 466 g/mol. The lowest BCUT2D eigenvalue weighted by Gasteiger charge is -2.32. The molecule has 0 bridgehead atoms. The van der Waals surface area contributed by atoms with E-state index in [1.165, 1.54) is 24.8 Å². The summed E-state index contributed by atoms with van der Waals surface area (Å²) in [6, 6.07) is 6.56. The Labute approximate surface area is 201 Å². The van der Waals surface area contributed by atoms with Crippen molar-refractivity contribution in [2.45, 2.75) is 90.8 Å². The van der Waals surface area contributed by atoms with Crippen molar-refractivity contribution in [1.82, 2.24) is 30.1 Å². The van der Waals surface area contributed by atoms with Crippen LogP contribution in [0.15, 0.2) is 23.0 Å². The number of aliphatic hydroxyl groups excluding tert-OH is 1. The van der Waals surface area contributed by atoms with Crippen molar-refractivity contribution in [3.8, 4) is 0 Å². The number of aliphatic hydroxyl groups is 1. The molecule has 2 N–H and O–H groups in total. The number of hydrogen-bond acceptors (Lipinski definition) is 6. The summed E-state index contributed by atoms with van der Waals surface area (Å²) in [6.45, 7) is 7.53. The maximum Gasteiger partial charge on any atom is 0.252 e. The highest BCUT2D eigenvalue weighted by Crippen LogP contribution is 2.32. The van der Waals surface area contributed by atoms with Gasteiger partial charge in [0.1, 0.15) is 0 Å². The Kier molecular flexibility index (Phi) is 8.11. The van der Waals surface area contributed by atoms with E-state index in [0.717, 1.165) is 53.5 Å². The van der Waals surface area contributed by atoms with Gasteiger partial charge in [0.2, 0.25) is 0 Å². The lowest BCUT2D eigenvalue weighted by Crippen LogP contribution is -2.34. The van der Waals surface area contributed by atoms with Crippen LogP contribution in [0.5, 0.6) is 0 Å². The van der Waals surface area contributed by atoms with Crippen molar-refractivity contribution in [2.75, 3.05) is 13.2 Å². The zero-order chi connectivity index (χ0) is 24.1. The SMILES string of the molecule is CCCC(c1nnnn1C1CCCCC1)N(CCCO)Cc1cc2cc(C)cc(C)c2[nH]c1=O. The number of aromatic nitrogens is 5. The Hall–Kier alpha value is -2.58. The Morgan fingerprint density at radius 1 is 1.21 bits per heavy atom. The van der Waals surface area contributed by atoms with E-state index in [0.29, 0.717) is 25.6 Å². The zero-order valence-electron chi connectivity index (χ0n) is 20.8. The van der Waals surface area contributed by atoms with E-state index >= 15 is 0 Å². The maximum absolute atomic E-state index is 13.1. The molecule has 1 aliphatic carbocycles. The standard InChI is InChI=1S/C26H38N6O2/c1-4-9-23(25-28-29-30-32(25)22-10-6-5-7-11-22)31(12-8-13-33)17-21-16-20-15-18(2)14-19(3)24(20)27-26(21)34/h14-16,22-23,33H,4-13,17H2,1-3H3,(H,27,34). The molecule has 1 fully saturated rings. The van der Waals surface area contributed by atoms with Crippen LogP contribution < -0.4 is 5.56 Å². The van der Waals surface area contributed by atoms with Crippen LogP contribution in [0.2, 0.25) is 0 Å². The third-order valence-corrected chi connectivity index (χ3v) is 7.09. The second kappa shape index (κ2) is 11.2. The lowest BCUT2D eigenvalue weighted by molar-refractivity contribution is 0.143. The molecule has 184 valence electrons. The molecular formula is C26H38N6O2. The van der Waals surface area contributed by atoms with Crippen LogP contribution in [0.4, 0.5) is 0 Å². The Morgan fingerprint density at radius 3 is 2.74 bits per heavy atom. The van der Waals surface area contributed by atoms with Crippen LogP contribution in [0.25, 0.3) is 10.9 Å². The Morgan fingerprint density at radius 2 is 2.00 bits per heavy atom. The van der Waals surface area contributed by atoms with Gasteiger partial charge in [-0.25, -0.2) is 4.68 Å². The number of aromatic amines is 1. The van der Waals surface area contributed by atoms with Gasteiger partial charge in [-0.15, -0.1) is 5.10 Å². The minimum absolute atomic E-state index is 0.0113. The van der Waals surface area contributed by atoms with E-state index in [9.17, 15) is 9.90 Å². The summed E-state index contributed by atoms with van der Waals surface area (Å²) in [6.07, 6.45) is 8.41. The molecule has 0 amide bonds. The number of nitrogens with zero attached hydrogens (tertiary/aromatic N) is 5. The molecular weight excluding hydrogens is 428 g/mol. The van der Waals surface area contributed by atoms with E-state index in [2.05, 4.69) is 51.4 Å². The van der Waals surface area contributed by atoms with Gasteiger partial charge in [-0.3, -0.25) is 9.69 Å². The van der Waals surface area contributed by atoms with Crippen LogP contribution in [-0.4, -0.2) is 48.3 Å². The van der Waals surface area contributed by atoms with Gasteiger partial charge in [0, 0.05) is 25.3 Å². The number of tetrazole rings is 1. The highest BCUT2D eigenvalue weighted by atomic mass is 16.3. The van der Waals surface area contributed by atoms with E-state index in [1.54, 1.807) is 0 Å². The summed E-state index contributed by atoms with van der Waals surface area (Å²) in [5, 5.41) is 23.6. The Balaban J connectivity index is 1.70. The fourth-order valence-electron chi connectivity index (χ4n) is 5.44. The van der Waals surface area contributed by atoms with Crippen molar-refractivity contribution in [3.63, 3.8) is 0 Å². The van der Waals surface area contributed by atoms with E-state index in [-0.39, 0.29) is 18.2 Å². The predicted molar refractivity (Wildman–Crippen MR) is 134 cm³/mol. The summed E-state index contributed by atoms with van der Waals surface area (Å²) in [4.78, 5) is 18.5. The van der Waals surface area contributed by atoms with Gasteiger partial charge >= 0.3 is 0 Å². The first-order valence-electron chi connectivity index (χ1n) is 12.8. The lowest BCUT2D eigenvalue weighted by atomic mass is 9.95. The van der Waals surface area contributed by atoms with Gasteiger partial charge in [-0.1, -0.05) is 44.2 Å². The predicted octanol–water partition coefficient (Wildman–Crippen LogP) is 4.36. The van der Waals surface area contributed by atoms with Crippen molar-refractivity contribution in [1.29, 1.82) is 0 Å². The number of hydrogen-bond donors (Lipinski definition) is 2. The molecule has 34 heavy (non-hydrogen) atoms. The molecule has 8 heteroatoms. The molecule has 1 unspecified atom stereocenters. The van der Waals surface area contributed by atoms with Crippen LogP contribution in [0, 0.1) is 13.8 Å². The van der Waals surface area contributed by atoms with Crippen molar-refractivity contribution in [2.24, 2.45) is 0 Å². The molecule has 1 aliphatic rings. The molecule has 0 spiro atoms. The molecule has 1 saturated carbocycles. The number of rotatable bonds is 10. The third kappa shape index (κ3) is 5.39. The van der Waals surface area contributed by atoms with Crippen molar-refractivity contribution < 1.29 is 5.11 Å². The Bertz CT molecular complexity index is 1150. The molecule has 0 aliphatic heterocycles. The number of benzene rings is 1. The van der Waals surface area contributed by atoms with Gasteiger partial charge < -0.3 is 10.1 Å². The highest BCUT2D eigenvalue weighted by Gasteiger charge is 2.29. The number of fused-ring (bicyclic) bond motifs is 1. The fraction of sp³-hybridized carbons (Fsp3) is 0.615. The molecule has 0 radical (unpaired) electrons. The van der Waals surface area contributed by atoms with Gasteiger partial charge in [0.15, 0.2) is 5.82 Å². The summed E-state index contributed by atoms with van der Waals surface area (Å²) in [5.41, 5.74) is 3.82. The quantitative estimate of drug-likeness (QED) is 0.460. The molecule has 2 heterocycles. The number of nitrogens with one attached hydrogen (secondary N) is 1. The smallest absolute Gasteiger partial charge is 0.252 e. The second-order valence-electron chi connectivity index (χ2n) is 9.80. The van der Waals surface area contributed by atoms with Crippen LogP contribution in [0.3, 0.4) is 0 Å². The summed E-state index contributed by atoms with van der Waals surface area (Å²) in [7, 11) is 0. The molecule has 3 aromatic rings. The first kappa shape index (κ1) is 24.5. The van der Waals surface area contributed by atoms with Gasteiger partial charge in [0.05, 0.1) is 17.6 Å². The van der Waals surface area contributed by atoms with Crippen LogP contribution in [-0.2, 0) is 6.54 Å². The normalized spacial score (nSPS) is 15.9. The summed E-state index contributed by atoms with van der Waals surface area (Å²) >= 11 is 0. The molecule has 1 aromatic carbocycles. The van der Waals surface area contributed by atoms with Crippen molar-refractivity contribution >= 4 is 10.9 Å². The largest absolute Gasteiger partial charge is 0.396 e. The van der Waals surface area contributed by atoms with Crippen LogP contribution in [0.1, 0.15) is 92.9 Å². The summed E-state index contributed by atoms with van der Waals surface area (Å²) < 4.78 is 2.04. The average molecular weight is 467 g/mol. The van der Waals surface area contributed by atoms with E-state index in [4.69, 9.17) is 0 Å². The van der Waals surface area contributed by atoms with Crippen molar-refractivity contribution in [3.05, 3.63) is 51.1 Å². The van der Waals surface area contributed by atoms with E-state index < -0.39 is 0 Å². The fourth-order valence-corrected chi connectivity index (χ4v) is 5.44. The topological polar surface area (TPSA) is 99.9 Å². The molecule has 2 aromatic heterocycles. The zero-order valence-corrected chi connectivity index (χ0v) is 20.8. The minimum atomic E-state index is -0.0597.